The minimum absolute atomic E-state index is 0.0144. The third-order valence-electron chi connectivity index (χ3n) is 3.87. The molecule has 0 aromatic heterocycles. The van der Waals surface area contributed by atoms with Crippen molar-refractivity contribution in [1.29, 1.82) is 0 Å². The molecule has 8 heteroatoms. The zero-order chi connectivity index (χ0) is 20.0. The van der Waals surface area contributed by atoms with E-state index in [1.54, 1.807) is 19.1 Å². The number of anilines is 1. The maximum Gasteiger partial charge on any atom is 0.418 e. The molecule has 2 N–H and O–H groups in total. The van der Waals surface area contributed by atoms with Gasteiger partial charge in [-0.15, -0.1) is 0 Å². The Labute approximate surface area is 154 Å². The maximum atomic E-state index is 13.0. The van der Waals surface area contributed by atoms with Crippen LogP contribution in [0.25, 0.3) is 0 Å². The van der Waals surface area contributed by atoms with Crippen LogP contribution in [0, 0.1) is 0 Å². The highest BCUT2D eigenvalue weighted by molar-refractivity contribution is 5.95. The summed E-state index contributed by atoms with van der Waals surface area (Å²) in [6, 6.07) is 10.7. The molecule has 0 radical (unpaired) electrons. The fourth-order valence-corrected chi connectivity index (χ4v) is 2.48. The van der Waals surface area contributed by atoms with Crippen LogP contribution >= 0.6 is 0 Å². The van der Waals surface area contributed by atoms with Gasteiger partial charge in [0.15, 0.2) is 0 Å². The molecule has 0 spiro atoms. The van der Waals surface area contributed by atoms with Gasteiger partial charge in [0.1, 0.15) is 5.75 Å². The molecule has 5 nitrogen and oxygen atoms in total. The molecule has 0 bridgehead atoms. The molecule has 0 saturated heterocycles. The highest BCUT2D eigenvalue weighted by atomic mass is 19.4. The average molecular weight is 380 g/mol. The van der Waals surface area contributed by atoms with Crippen LogP contribution in [0.4, 0.5) is 18.9 Å². The van der Waals surface area contributed by atoms with Crippen molar-refractivity contribution in [2.75, 3.05) is 18.4 Å². The van der Waals surface area contributed by atoms with E-state index in [0.717, 1.165) is 12.1 Å². The molecular weight excluding hydrogens is 361 g/mol. The largest absolute Gasteiger partial charge is 0.508 e. The fourth-order valence-electron chi connectivity index (χ4n) is 2.48. The molecule has 0 aliphatic carbocycles. The van der Waals surface area contributed by atoms with Gasteiger partial charge in [0.05, 0.1) is 24.2 Å². The van der Waals surface area contributed by atoms with Gasteiger partial charge in [-0.1, -0.05) is 24.3 Å². The first-order chi connectivity index (χ1) is 12.7. The minimum atomic E-state index is -4.59. The van der Waals surface area contributed by atoms with E-state index >= 15 is 0 Å². The number of benzene rings is 2. The van der Waals surface area contributed by atoms with Crippen molar-refractivity contribution >= 4 is 17.5 Å². The predicted molar refractivity (Wildman–Crippen MR) is 94.1 cm³/mol. The van der Waals surface area contributed by atoms with E-state index in [-0.39, 0.29) is 36.9 Å². The Balaban J connectivity index is 2.03. The van der Waals surface area contributed by atoms with Crippen LogP contribution in [0.5, 0.6) is 5.75 Å². The first-order valence-corrected chi connectivity index (χ1v) is 8.22. The second kappa shape index (κ2) is 8.57. The Hall–Kier alpha value is -3.03. The van der Waals surface area contributed by atoms with Crippen molar-refractivity contribution < 1.29 is 27.9 Å². The molecule has 0 fully saturated rings. The van der Waals surface area contributed by atoms with E-state index < -0.39 is 17.6 Å². The quantitative estimate of drug-likeness (QED) is 0.807. The second-order valence-electron chi connectivity index (χ2n) is 5.84. The molecule has 27 heavy (non-hydrogen) atoms. The molecule has 0 unspecified atom stereocenters. The van der Waals surface area contributed by atoms with Crippen molar-refractivity contribution in [2.45, 2.75) is 19.5 Å². The number of nitrogens with one attached hydrogen (secondary N) is 1. The van der Waals surface area contributed by atoms with Crippen LogP contribution in [0.3, 0.4) is 0 Å². The molecule has 0 saturated carbocycles. The number of phenolic OH excluding ortho intramolecular Hbond substituents is 1. The Morgan fingerprint density at radius 3 is 2.30 bits per heavy atom. The van der Waals surface area contributed by atoms with Crippen molar-refractivity contribution in [3.8, 4) is 5.75 Å². The molecule has 0 aliphatic heterocycles. The van der Waals surface area contributed by atoms with E-state index in [1.165, 1.54) is 29.2 Å². The van der Waals surface area contributed by atoms with Crippen LogP contribution in [0.15, 0.2) is 48.5 Å². The van der Waals surface area contributed by atoms with Crippen LogP contribution < -0.4 is 5.32 Å². The van der Waals surface area contributed by atoms with E-state index in [1.807, 2.05) is 0 Å². The summed E-state index contributed by atoms with van der Waals surface area (Å²) in [5, 5.41) is 11.5. The summed E-state index contributed by atoms with van der Waals surface area (Å²) in [6.45, 7) is 1.54. The molecule has 0 heterocycles. The zero-order valence-electron chi connectivity index (χ0n) is 14.6. The Morgan fingerprint density at radius 2 is 1.70 bits per heavy atom. The highest BCUT2D eigenvalue weighted by Crippen LogP contribution is 2.34. The second-order valence-corrected chi connectivity index (χ2v) is 5.84. The molecule has 2 rings (SSSR count). The van der Waals surface area contributed by atoms with Gasteiger partial charge >= 0.3 is 6.18 Å². The van der Waals surface area contributed by atoms with Crippen molar-refractivity contribution in [3.05, 3.63) is 59.7 Å². The lowest BCUT2D eigenvalue weighted by Gasteiger charge is -2.21. The Kier molecular flexibility index (Phi) is 6.44. The number of rotatable bonds is 6. The number of carbonyl (C=O) groups is 2. The molecule has 0 atom stereocenters. The van der Waals surface area contributed by atoms with E-state index in [4.69, 9.17) is 0 Å². The lowest BCUT2D eigenvalue weighted by Crippen LogP contribution is -2.38. The standard InChI is InChI=1S/C19H19F3N2O3/c1-2-24(18(27)11-13-7-9-14(25)10-8-13)12-17(26)23-16-6-4-3-5-15(16)19(20,21)22/h3-10,25H,2,11-12H2,1H3,(H,23,26). The van der Waals surface area contributed by atoms with Crippen molar-refractivity contribution in [2.24, 2.45) is 0 Å². The summed E-state index contributed by atoms with van der Waals surface area (Å²) in [6.07, 6.45) is -4.58. The van der Waals surface area contributed by atoms with Crippen LogP contribution in [-0.4, -0.2) is 34.9 Å². The Bertz CT molecular complexity index is 805. The number of phenols is 1. The molecular formula is C19H19F3N2O3. The molecule has 144 valence electrons. The summed E-state index contributed by atoms with van der Waals surface area (Å²) >= 11 is 0. The third-order valence-corrected chi connectivity index (χ3v) is 3.87. The van der Waals surface area contributed by atoms with Gasteiger partial charge < -0.3 is 15.3 Å². The van der Waals surface area contributed by atoms with Crippen LogP contribution in [0.1, 0.15) is 18.1 Å². The molecule has 2 amide bonds. The number of para-hydroxylation sites is 1. The van der Waals surface area contributed by atoms with Gasteiger partial charge in [-0.05, 0) is 36.8 Å². The lowest BCUT2D eigenvalue weighted by atomic mass is 10.1. The minimum Gasteiger partial charge on any atom is -0.508 e. The molecule has 2 aromatic carbocycles. The number of amides is 2. The molecule has 2 aromatic rings. The van der Waals surface area contributed by atoms with Crippen LogP contribution in [-0.2, 0) is 22.2 Å². The summed E-state index contributed by atoms with van der Waals surface area (Å²) in [7, 11) is 0. The average Bonchev–Trinajstić information content (AvgIpc) is 2.61. The summed E-state index contributed by atoms with van der Waals surface area (Å²) in [5.74, 6) is -0.990. The number of nitrogens with zero attached hydrogens (tertiary/aromatic N) is 1. The number of hydrogen-bond acceptors (Lipinski definition) is 3. The van der Waals surface area contributed by atoms with Gasteiger partial charge in [0.25, 0.3) is 0 Å². The SMILES string of the molecule is CCN(CC(=O)Nc1ccccc1C(F)(F)F)C(=O)Cc1ccc(O)cc1. The number of carbonyl (C=O) groups excluding carboxylic acids is 2. The van der Waals surface area contributed by atoms with Gasteiger partial charge in [-0.3, -0.25) is 9.59 Å². The summed E-state index contributed by atoms with van der Waals surface area (Å²) in [5.41, 5.74) is -0.645. The van der Waals surface area contributed by atoms with E-state index in [9.17, 15) is 27.9 Å². The monoisotopic (exact) mass is 380 g/mol. The zero-order valence-corrected chi connectivity index (χ0v) is 14.6. The molecule has 0 aliphatic rings. The van der Waals surface area contributed by atoms with Gasteiger partial charge in [0.2, 0.25) is 11.8 Å². The van der Waals surface area contributed by atoms with Crippen molar-refractivity contribution in [1.82, 2.24) is 4.90 Å². The van der Waals surface area contributed by atoms with Crippen LogP contribution in [0.2, 0.25) is 0 Å². The van der Waals surface area contributed by atoms with Gasteiger partial charge in [0, 0.05) is 6.54 Å². The number of halogens is 3. The van der Waals surface area contributed by atoms with Gasteiger partial charge in [-0.2, -0.15) is 13.2 Å². The fraction of sp³-hybridized carbons (Fsp3) is 0.263. The number of hydrogen-bond donors (Lipinski definition) is 2. The summed E-state index contributed by atoms with van der Waals surface area (Å²) < 4.78 is 39.0. The first kappa shape index (κ1) is 20.3. The lowest BCUT2D eigenvalue weighted by molar-refractivity contribution is -0.137. The van der Waals surface area contributed by atoms with E-state index in [2.05, 4.69) is 5.32 Å². The first-order valence-electron chi connectivity index (χ1n) is 8.22. The third kappa shape index (κ3) is 5.73. The highest BCUT2D eigenvalue weighted by Gasteiger charge is 2.33. The smallest absolute Gasteiger partial charge is 0.418 e. The number of alkyl halides is 3. The predicted octanol–water partition coefficient (Wildman–Crippen LogP) is 3.44. The summed E-state index contributed by atoms with van der Waals surface area (Å²) in [4.78, 5) is 25.8. The van der Waals surface area contributed by atoms with Crippen molar-refractivity contribution in [3.63, 3.8) is 0 Å². The van der Waals surface area contributed by atoms with Gasteiger partial charge in [-0.25, -0.2) is 0 Å². The topological polar surface area (TPSA) is 69.6 Å². The Morgan fingerprint density at radius 1 is 1.07 bits per heavy atom. The number of likely N-dealkylation sites (N-methyl/N-ethyl adjacent to an activating group) is 1. The van der Waals surface area contributed by atoms with E-state index in [0.29, 0.717) is 5.56 Å². The maximum absolute atomic E-state index is 13.0. The number of aromatic hydroxyl groups is 1. The normalized spacial score (nSPS) is 11.1.